The molecule has 0 bridgehead atoms. The van der Waals surface area contributed by atoms with Crippen molar-refractivity contribution in [3.05, 3.63) is 69.8 Å². The zero-order chi connectivity index (χ0) is 17.8. The SMILES string of the molecule is CNC(=O)c1ccc(Cn2nnc(-c3cccc([N+](=O)[O-])c3)n2)cc1. The zero-order valence-electron chi connectivity index (χ0n) is 13.3. The molecule has 25 heavy (non-hydrogen) atoms. The number of nitrogens with zero attached hydrogens (tertiary/aromatic N) is 5. The van der Waals surface area contributed by atoms with Crippen molar-refractivity contribution in [3.63, 3.8) is 0 Å². The van der Waals surface area contributed by atoms with Gasteiger partial charge >= 0.3 is 0 Å². The van der Waals surface area contributed by atoms with E-state index in [9.17, 15) is 14.9 Å². The smallest absolute Gasteiger partial charge is 0.270 e. The second-order valence-corrected chi connectivity index (χ2v) is 5.23. The average Bonchev–Trinajstić information content (AvgIpc) is 3.10. The van der Waals surface area contributed by atoms with E-state index in [-0.39, 0.29) is 11.6 Å². The van der Waals surface area contributed by atoms with Gasteiger partial charge < -0.3 is 5.32 Å². The van der Waals surface area contributed by atoms with E-state index in [1.165, 1.54) is 16.9 Å². The maximum Gasteiger partial charge on any atom is 0.270 e. The molecule has 1 amide bonds. The number of hydrogen-bond acceptors (Lipinski definition) is 6. The van der Waals surface area contributed by atoms with Gasteiger partial charge in [-0.2, -0.15) is 4.80 Å². The van der Waals surface area contributed by atoms with Crippen molar-refractivity contribution in [2.75, 3.05) is 7.05 Å². The number of tetrazole rings is 1. The summed E-state index contributed by atoms with van der Waals surface area (Å²) in [7, 11) is 1.57. The largest absolute Gasteiger partial charge is 0.355 e. The second kappa shape index (κ2) is 6.87. The second-order valence-electron chi connectivity index (χ2n) is 5.23. The fraction of sp³-hybridized carbons (Fsp3) is 0.125. The Kier molecular flexibility index (Phi) is 4.46. The van der Waals surface area contributed by atoms with Gasteiger partial charge in [-0.3, -0.25) is 14.9 Å². The van der Waals surface area contributed by atoms with Crippen molar-refractivity contribution < 1.29 is 9.72 Å². The third kappa shape index (κ3) is 3.66. The number of benzene rings is 2. The third-order valence-electron chi connectivity index (χ3n) is 3.54. The van der Waals surface area contributed by atoms with Gasteiger partial charge in [-0.25, -0.2) is 0 Å². The minimum atomic E-state index is -0.470. The molecule has 0 aliphatic heterocycles. The fourth-order valence-electron chi connectivity index (χ4n) is 2.25. The van der Waals surface area contributed by atoms with Crippen molar-refractivity contribution in [3.8, 4) is 11.4 Å². The number of carbonyl (C=O) groups excluding carboxylic acids is 1. The van der Waals surface area contributed by atoms with Crippen LogP contribution < -0.4 is 5.32 Å². The number of non-ortho nitro benzene ring substituents is 1. The van der Waals surface area contributed by atoms with Crippen LogP contribution in [0.25, 0.3) is 11.4 Å². The van der Waals surface area contributed by atoms with E-state index >= 15 is 0 Å². The quantitative estimate of drug-likeness (QED) is 0.558. The van der Waals surface area contributed by atoms with Crippen molar-refractivity contribution >= 4 is 11.6 Å². The molecule has 9 nitrogen and oxygen atoms in total. The highest BCUT2D eigenvalue weighted by atomic mass is 16.6. The number of aromatic nitrogens is 4. The highest BCUT2D eigenvalue weighted by Gasteiger charge is 2.11. The lowest BCUT2D eigenvalue weighted by atomic mass is 10.1. The number of nitro groups is 1. The monoisotopic (exact) mass is 338 g/mol. The van der Waals surface area contributed by atoms with Crippen LogP contribution in [0.15, 0.2) is 48.5 Å². The molecule has 0 atom stereocenters. The van der Waals surface area contributed by atoms with Gasteiger partial charge in [0.1, 0.15) is 0 Å². The topological polar surface area (TPSA) is 116 Å². The number of amides is 1. The van der Waals surface area contributed by atoms with Crippen LogP contribution in [-0.4, -0.2) is 38.1 Å². The Labute approximate surface area is 142 Å². The van der Waals surface area contributed by atoms with Gasteiger partial charge in [-0.05, 0) is 22.9 Å². The molecule has 0 aliphatic rings. The zero-order valence-corrected chi connectivity index (χ0v) is 13.3. The molecule has 3 rings (SSSR count). The Balaban J connectivity index is 1.77. The van der Waals surface area contributed by atoms with Crippen LogP contribution in [0.3, 0.4) is 0 Å². The van der Waals surface area contributed by atoms with Gasteiger partial charge in [0.25, 0.3) is 11.6 Å². The van der Waals surface area contributed by atoms with E-state index in [0.29, 0.717) is 23.5 Å². The molecule has 2 aromatic carbocycles. The fourth-order valence-corrected chi connectivity index (χ4v) is 2.25. The maximum absolute atomic E-state index is 11.5. The molecular weight excluding hydrogens is 324 g/mol. The Hall–Kier alpha value is -3.62. The normalized spacial score (nSPS) is 10.4. The summed E-state index contributed by atoms with van der Waals surface area (Å²) in [5.41, 5.74) is 1.96. The molecule has 0 saturated heterocycles. The Bertz CT molecular complexity index is 920. The minimum absolute atomic E-state index is 0.0290. The predicted octanol–water partition coefficient (Wildman–Crippen LogP) is 1.66. The highest BCUT2D eigenvalue weighted by Crippen LogP contribution is 2.20. The van der Waals surface area contributed by atoms with E-state index in [4.69, 9.17) is 0 Å². The first kappa shape index (κ1) is 16.2. The van der Waals surface area contributed by atoms with Crippen LogP contribution in [0.1, 0.15) is 15.9 Å². The lowest BCUT2D eigenvalue weighted by Crippen LogP contribution is -2.17. The molecule has 3 aromatic rings. The molecule has 0 fully saturated rings. The summed E-state index contributed by atoms with van der Waals surface area (Å²) in [4.78, 5) is 23.3. The first-order valence-corrected chi connectivity index (χ1v) is 7.40. The lowest BCUT2D eigenvalue weighted by molar-refractivity contribution is -0.384. The Morgan fingerprint density at radius 2 is 2.00 bits per heavy atom. The van der Waals surface area contributed by atoms with E-state index in [1.807, 2.05) is 0 Å². The molecular formula is C16H14N6O3. The van der Waals surface area contributed by atoms with E-state index in [0.717, 1.165) is 5.56 Å². The van der Waals surface area contributed by atoms with Gasteiger partial charge in [0.05, 0.1) is 11.5 Å². The number of carbonyl (C=O) groups is 1. The first-order chi connectivity index (χ1) is 12.1. The Morgan fingerprint density at radius 3 is 2.68 bits per heavy atom. The molecule has 1 aromatic heterocycles. The van der Waals surface area contributed by atoms with Crippen LogP contribution >= 0.6 is 0 Å². The van der Waals surface area contributed by atoms with Crippen molar-refractivity contribution in [2.45, 2.75) is 6.54 Å². The van der Waals surface area contributed by atoms with E-state index in [1.54, 1.807) is 43.4 Å². The molecule has 0 aliphatic carbocycles. The Morgan fingerprint density at radius 1 is 1.24 bits per heavy atom. The molecule has 0 spiro atoms. The summed E-state index contributed by atoms with van der Waals surface area (Å²) in [6.07, 6.45) is 0. The lowest BCUT2D eigenvalue weighted by Gasteiger charge is -2.02. The minimum Gasteiger partial charge on any atom is -0.355 e. The van der Waals surface area contributed by atoms with Crippen LogP contribution in [0.4, 0.5) is 5.69 Å². The summed E-state index contributed by atoms with van der Waals surface area (Å²) >= 11 is 0. The van der Waals surface area contributed by atoms with E-state index in [2.05, 4.69) is 20.7 Å². The summed E-state index contributed by atoms with van der Waals surface area (Å²) in [6, 6.07) is 13.1. The maximum atomic E-state index is 11.5. The third-order valence-corrected chi connectivity index (χ3v) is 3.54. The van der Waals surface area contributed by atoms with Crippen LogP contribution in [-0.2, 0) is 6.54 Å². The predicted molar refractivity (Wildman–Crippen MR) is 88.8 cm³/mol. The first-order valence-electron chi connectivity index (χ1n) is 7.40. The number of hydrogen-bond donors (Lipinski definition) is 1. The number of rotatable bonds is 5. The molecule has 0 saturated carbocycles. The number of nitrogens with one attached hydrogen (secondary N) is 1. The average molecular weight is 338 g/mol. The van der Waals surface area contributed by atoms with Gasteiger partial charge in [0, 0.05) is 30.3 Å². The van der Waals surface area contributed by atoms with Crippen LogP contribution in [0.2, 0.25) is 0 Å². The molecule has 0 unspecified atom stereocenters. The van der Waals surface area contributed by atoms with Gasteiger partial charge in [0.2, 0.25) is 5.82 Å². The van der Waals surface area contributed by atoms with Gasteiger partial charge in [-0.15, -0.1) is 10.2 Å². The summed E-state index contributed by atoms with van der Waals surface area (Å²) in [5.74, 6) is 0.157. The van der Waals surface area contributed by atoms with Crippen LogP contribution in [0, 0.1) is 10.1 Å². The van der Waals surface area contributed by atoms with Crippen LogP contribution in [0.5, 0.6) is 0 Å². The molecule has 126 valence electrons. The molecule has 9 heteroatoms. The van der Waals surface area contributed by atoms with Crippen molar-refractivity contribution in [1.29, 1.82) is 0 Å². The number of nitro benzene ring substituents is 1. The molecule has 1 heterocycles. The standard InChI is InChI=1S/C16H14N6O3/c1-17-16(23)12-7-5-11(6-8-12)10-21-19-15(18-20-21)13-3-2-4-14(9-13)22(24)25/h2-9H,10H2,1H3,(H,17,23). The van der Waals surface area contributed by atoms with Gasteiger partial charge in [0.15, 0.2) is 0 Å². The summed E-state index contributed by atoms with van der Waals surface area (Å²) in [5, 5.41) is 25.5. The molecule has 0 radical (unpaired) electrons. The van der Waals surface area contributed by atoms with Gasteiger partial charge in [-0.1, -0.05) is 24.3 Å². The van der Waals surface area contributed by atoms with Crippen molar-refractivity contribution in [2.24, 2.45) is 0 Å². The summed E-state index contributed by atoms with van der Waals surface area (Å²) < 4.78 is 0. The highest BCUT2D eigenvalue weighted by molar-refractivity contribution is 5.93. The van der Waals surface area contributed by atoms with Crippen molar-refractivity contribution in [1.82, 2.24) is 25.5 Å². The van der Waals surface area contributed by atoms with E-state index < -0.39 is 4.92 Å². The molecule has 1 N–H and O–H groups in total. The summed E-state index contributed by atoms with van der Waals surface area (Å²) in [6.45, 7) is 0.371.